The number of aryl methyl sites for hydroxylation is 2. The maximum absolute atomic E-state index is 15.4. The summed E-state index contributed by atoms with van der Waals surface area (Å²) in [6.45, 7) is 6.67. The molecule has 0 bridgehead atoms. The number of allylic oxidation sites excluding steroid dienone is 2. The van der Waals surface area contributed by atoms with Crippen molar-refractivity contribution in [2.45, 2.75) is 39.2 Å². The molecule has 1 aromatic heterocycles. The standard InChI is InChI=1S/C26H26N5OP/c1-18-23-25(31(29-18)16-10-15-27)28-17-22(33(23,32)19-11-6-5-7-12-19)24-26(2,3)20-13-8-9-14-21(20)30(24)4/h5-9,11-14,17H,10,16H2,1-4H3. The Kier molecular flexibility index (Phi) is 4.92. The van der Waals surface area contributed by atoms with Gasteiger partial charge in [-0.2, -0.15) is 10.4 Å². The highest BCUT2D eigenvalue weighted by molar-refractivity contribution is 7.83. The number of nitrogens with zero attached hydrogens (tertiary/aromatic N) is 5. The maximum atomic E-state index is 15.4. The highest BCUT2D eigenvalue weighted by Gasteiger charge is 2.48. The van der Waals surface area contributed by atoms with Gasteiger partial charge < -0.3 is 9.46 Å². The van der Waals surface area contributed by atoms with E-state index in [-0.39, 0.29) is 5.41 Å². The van der Waals surface area contributed by atoms with Crippen molar-refractivity contribution >= 4 is 35.5 Å². The van der Waals surface area contributed by atoms with Gasteiger partial charge >= 0.3 is 0 Å². The number of benzene rings is 2. The van der Waals surface area contributed by atoms with Crippen molar-refractivity contribution in [2.24, 2.45) is 4.99 Å². The second kappa shape index (κ2) is 7.57. The van der Waals surface area contributed by atoms with Gasteiger partial charge in [-0.05, 0) is 18.6 Å². The van der Waals surface area contributed by atoms with Crippen LogP contribution in [0.15, 0.2) is 70.6 Å². The van der Waals surface area contributed by atoms with E-state index in [1.165, 1.54) is 5.56 Å². The molecule has 0 amide bonds. The van der Waals surface area contributed by atoms with E-state index in [1.54, 1.807) is 10.9 Å². The Bertz CT molecular complexity index is 1410. The molecule has 2 aromatic carbocycles. The Hall–Kier alpha value is -3.42. The highest BCUT2D eigenvalue weighted by Crippen LogP contribution is 2.61. The van der Waals surface area contributed by atoms with Gasteiger partial charge in [-0.3, -0.25) is 0 Å². The molecule has 0 saturated carbocycles. The lowest BCUT2D eigenvalue weighted by Gasteiger charge is -2.32. The summed E-state index contributed by atoms with van der Waals surface area (Å²) in [5, 5.41) is 15.9. The molecule has 6 nitrogen and oxygen atoms in total. The molecule has 0 spiro atoms. The minimum absolute atomic E-state index is 0.317. The smallest absolute Gasteiger partial charge is 0.179 e. The maximum Gasteiger partial charge on any atom is 0.179 e. The van der Waals surface area contributed by atoms with Crippen molar-refractivity contribution in [3.63, 3.8) is 0 Å². The molecule has 7 heteroatoms. The van der Waals surface area contributed by atoms with Gasteiger partial charge in [0.25, 0.3) is 0 Å². The number of hydrogen-bond donors (Lipinski definition) is 0. The van der Waals surface area contributed by atoms with E-state index in [4.69, 9.17) is 10.3 Å². The molecule has 0 fully saturated rings. The van der Waals surface area contributed by atoms with Crippen molar-refractivity contribution in [3.8, 4) is 6.07 Å². The third-order valence-electron chi connectivity index (χ3n) is 6.70. The van der Waals surface area contributed by atoms with E-state index in [1.807, 2.05) is 50.4 Å². The molecular formula is C26H26N5OP. The minimum Gasteiger partial charge on any atom is -0.346 e. The van der Waals surface area contributed by atoms with E-state index in [0.717, 1.165) is 22.0 Å². The molecule has 2 aliphatic heterocycles. The van der Waals surface area contributed by atoms with Crippen LogP contribution >= 0.6 is 7.14 Å². The first kappa shape index (κ1) is 21.4. The molecule has 1 atom stereocenters. The van der Waals surface area contributed by atoms with Gasteiger partial charge in [0.05, 0.1) is 35.3 Å². The number of nitriles is 1. The Morgan fingerprint density at radius 2 is 1.79 bits per heavy atom. The first-order chi connectivity index (χ1) is 15.8. The van der Waals surface area contributed by atoms with Gasteiger partial charge in [-0.15, -0.1) is 0 Å². The molecule has 3 heterocycles. The average Bonchev–Trinajstić information content (AvgIpc) is 3.25. The van der Waals surface area contributed by atoms with Crippen LogP contribution in [0.25, 0.3) is 0 Å². The molecule has 0 N–H and O–H groups in total. The number of aliphatic imine (C=N–C) groups is 1. The zero-order valence-corrected chi connectivity index (χ0v) is 20.2. The summed E-state index contributed by atoms with van der Waals surface area (Å²) in [5.41, 5.74) is 3.66. The molecule has 0 radical (unpaired) electrons. The van der Waals surface area contributed by atoms with Crippen LogP contribution in [-0.4, -0.2) is 23.0 Å². The highest BCUT2D eigenvalue weighted by atomic mass is 31.2. The molecule has 5 rings (SSSR count). The van der Waals surface area contributed by atoms with Gasteiger partial charge in [0.1, 0.15) is 0 Å². The van der Waals surface area contributed by atoms with Crippen molar-refractivity contribution in [1.82, 2.24) is 9.78 Å². The number of fused-ring (bicyclic) bond motifs is 2. The van der Waals surface area contributed by atoms with Crippen molar-refractivity contribution < 1.29 is 4.57 Å². The molecule has 166 valence electrons. The Morgan fingerprint density at radius 3 is 2.48 bits per heavy atom. The number of anilines is 1. The van der Waals surface area contributed by atoms with Gasteiger partial charge in [0.2, 0.25) is 0 Å². The van der Waals surface area contributed by atoms with Gasteiger partial charge in [-0.1, -0.05) is 62.4 Å². The predicted molar refractivity (Wildman–Crippen MR) is 134 cm³/mol. The summed E-state index contributed by atoms with van der Waals surface area (Å²) in [6.07, 6.45) is 2.09. The number of hydrogen-bond acceptors (Lipinski definition) is 5. The van der Waals surface area contributed by atoms with Crippen LogP contribution in [-0.2, 0) is 16.5 Å². The fourth-order valence-corrected chi connectivity index (χ4v) is 8.54. The second-order valence-electron chi connectivity index (χ2n) is 9.03. The summed E-state index contributed by atoms with van der Waals surface area (Å²) < 4.78 is 17.1. The van der Waals surface area contributed by atoms with Crippen LogP contribution in [0.5, 0.6) is 0 Å². The van der Waals surface area contributed by atoms with Crippen LogP contribution in [0.1, 0.15) is 31.5 Å². The third kappa shape index (κ3) is 2.96. The largest absolute Gasteiger partial charge is 0.346 e. The third-order valence-corrected chi connectivity index (χ3v) is 9.88. The predicted octanol–water partition coefficient (Wildman–Crippen LogP) is 4.77. The van der Waals surface area contributed by atoms with E-state index < -0.39 is 7.14 Å². The first-order valence-corrected chi connectivity index (χ1v) is 12.8. The molecule has 3 aromatic rings. The SMILES string of the molecule is Cc1nn(CCC#N)c2c1P(=O)(c1ccccc1)C(=C1N(C)c3ccccc3C1(C)C)C=N2. The Balaban J connectivity index is 1.84. The van der Waals surface area contributed by atoms with E-state index >= 15 is 4.57 Å². The molecular weight excluding hydrogens is 429 g/mol. The van der Waals surface area contributed by atoms with Crippen molar-refractivity contribution in [2.75, 3.05) is 11.9 Å². The normalized spacial score (nSPS) is 22.7. The monoisotopic (exact) mass is 455 g/mol. The summed E-state index contributed by atoms with van der Waals surface area (Å²) in [6, 6.07) is 20.2. The van der Waals surface area contributed by atoms with Gasteiger partial charge in [0.15, 0.2) is 13.0 Å². The molecule has 2 aliphatic rings. The quantitative estimate of drug-likeness (QED) is 0.533. The lowest BCUT2D eigenvalue weighted by Crippen LogP contribution is -2.30. The zero-order valence-electron chi connectivity index (χ0n) is 19.3. The number of para-hydroxylation sites is 1. The fourth-order valence-electron chi connectivity index (χ4n) is 5.26. The van der Waals surface area contributed by atoms with Crippen LogP contribution in [0.2, 0.25) is 0 Å². The Labute approximate surface area is 194 Å². The number of likely N-dealkylation sites (N-methyl/N-ethyl adjacent to an activating group) is 1. The summed E-state index contributed by atoms with van der Waals surface area (Å²) >= 11 is 0. The lowest BCUT2D eigenvalue weighted by molar-refractivity contribution is 0.588. The van der Waals surface area contributed by atoms with Crippen LogP contribution in [0.3, 0.4) is 0 Å². The lowest BCUT2D eigenvalue weighted by atomic mass is 9.84. The molecule has 0 aliphatic carbocycles. The minimum atomic E-state index is -3.29. The van der Waals surface area contributed by atoms with E-state index in [0.29, 0.717) is 29.8 Å². The molecule has 33 heavy (non-hydrogen) atoms. The van der Waals surface area contributed by atoms with Crippen LogP contribution < -0.4 is 15.5 Å². The van der Waals surface area contributed by atoms with Crippen LogP contribution in [0, 0.1) is 18.3 Å². The summed E-state index contributed by atoms with van der Waals surface area (Å²) in [5.74, 6) is 0.593. The molecule has 0 saturated heterocycles. The second-order valence-corrected chi connectivity index (χ2v) is 11.7. The summed E-state index contributed by atoms with van der Waals surface area (Å²) in [4.78, 5) is 6.95. The topological polar surface area (TPSA) is 74.3 Å². The van der Waals surface area contributed by atoms with Crippen molar-refractivity contribution in [1.29, 1.82) is 5.26 Å². The van der Waals surface area contributed by atoms with E-state index in [9.17, 15) is 0 Å². The van der Waals surface area contributed by atoms with Gasteiger partial charge in [-0.25, -0.2) is 9.67 Å². The van der Waals surface area contributed by atoms with Crippen LogP contribution in [0.4, 0.5) is 11.5 Å². The number of aromatic nitrogens is 2. The van der Waals surface area contributed by atoms with E-state index in [2.05, 4.69) is 48.1 Å². The first-order valence-electron chi connectivity index (χ1n) is 11.0. The van der Waals surface area contributed by atoms with Crippen molar-refractivity contribution in [3.05, 3.63) is 76.9 Å². The average molecular weight is 456 g/mol. The molecule has 1 unspecified atom stereocenters. The zero-order chi connectivity index (χ0) is 23.4. The Morgan fingerprint density at radius 1 is 1.09 bits per heavy atom. The number of rotatable bonds is 3. The fraction of sp³-hybridized carbons (Fsp3) is 0.269. The summed E-state index contributed by atoms with van der Waals surface area (Å²) in [7, 11) is -1.25. The van der Waals surface area contributed by atoms with Gasteiger partial charge in [0, 0.05) is 35.4 Å².